The van der Waals surface area contributed by atoms with E-state index in [1.807, 2.05) is 24.3 Å². The summed E-state index contributed by atoms with van der Waals surface area (Å²) in [6, 6.07) is 7.46. The van der Waals surface area contributed by atoms with E-state index in [1.54, 1.807) is 13.8 Å². The van der Waals surface area contributed by atoms with E-state index in [-0.39, 0.29) is 19.6 Å². The maximum atomic E-state index is 11.8. The molecule has 0 fully saturated rings. The molecule has 0 aliphatic heterocycles. The molecular weight excluding hydrogens is 312 g/mol. The molecule has 0 aromatic heterocycles. The first-order valence-electron chi connectivity index (χ1n) is 6.16. The number of halogens is 1. The summed E-state index contributed by atoms with van der Waals surface area (Å²) in [7, 11) is 0. The Morgan fingerprint density at radius 3 is 2.21 bits per heavy atom. The normalized spacial score (nSPS) is 10.3. The van der Waals surface area contributed by atoms with Crippen molar-refractivity contribution in [2.75, 3.05) is 13.2 Å². The Kier molecular flexibility index (Phi) is 6.56. The quantitative estimate of drug-likeness (QED) is 0.595. The third kappa shape index (κ3) is 5.03. The van der Waals surface area contributed by atoms with Gasteiger partial charge in [-0.3, -0.25) is 9.59 Å². The van der Waals surface area contributed by atoms with Gasteiger partial charge in [0.15, 0.2) is 5.92 Å². The predicted molar refractivity (Wildman–Crippen MR) is 74.6 cm³/mol. The number of rotatable bonds is 6. The summed E-state index contributed by atoms with van der Waals surface area (Å²) in [4.78, 5) is 23.6. The van der Waals surface area contributed by atoms with Crippen LogP contribution in [0.25, 0.3) is 0 Å². The van der Waals surface area contributed by atoms with Crippen LogP contribution in [0.1, 0.15) is 19.4 Å². The molecule has 0 heterocycles. The third-order valence-electron chi connectivity index (χ3n) is 2.47. The van der Waals surface area contributed by atoms with Crippen LogP contribution < -0.4 is 0 Å². The first-order chi connectivity index (χ1) is 9.08. The Balaban J connectivity index is 2.84. The van der Waals surface area contributed by atoms with Gasteiger partial charge in [-0.05, 0) is 38.0 Å². The van der Waals surface area contributed by atoms with Gasteiger partial charge in [-0.2, -0.15) is 0 Å². The molecule has 104 valence electrons. The van der Waals surface area contributed by atoms with Gasteiger partial charge in [0.25, 0.3) is 0 Å². The fourth-order valence-electron chi connectivity index (χ4n) is 1.65. The molecule has 0 amide bonds. The van der Waals surface area contributed by atoms with Gasteiger partial charge in [-0.25, -0.2) is 0 Å². The van der Waals surface area contributed by atoms with Crippen LogP contribution in [-0.2, 0) is 25.5 Å². The highest BCUT2D eigenvalue weighted by molar-refractivity contribution is 9.10. The van der Waals surface area contributed by atoms with Crippen molar-refractivity contribution in [3.8, 4) is 0 Å². The lowest BCUT2D eigenvalue weighted by molar-refractivity contribution is -0.161. The van der Waals surface area contributed by atoms with E-state index >= 15 is 0 Å². The molecule has 1 aromatic carbocycles. The summed E-state index contributed by atoms with van der Waals surface area (Å²) in [5.74, 6) is -1.99. The first-order valence-corrected chi connectivity index (χ1v) is 6.95. The minimum atomic E-state index is -0.908. The molecule has 0 saturated carbocycles. The zero-order chi connectivity index (χ0) is 14.3. The summed E-state index contributed by atoms with van der Waals surface area (Å²) >= 11 is 3.36. The fraction of sp³-hybridized carbons (Fsp3) is 0.429. The molecule has 0 unspecified atom stereocenters. The van der Waals surface area contributed by atoms with Crippen LogP contribution in [0.15, 0.2) is 28.7 Å². The van der Waals surface area contributed by atoms with E-state index < -0.39 is 17.9 Å². The Hall–Kier alpha value is -1.36. The highest BCUT2D eigenvalue weighted by atomic mass is 79.9. The van der Waals surface area contributed by atoms with Crippen LogP contribution in [0.2, 0.25) is 0 Å². The summed E-state index contributed by atoms with van der Waals surface area (Å²) < 4.78 is 10.7. The minimum absolute atomic E-state index is 0.243. The van der Waals surface area contributed by atoms with Gasteiger partial charge in [0.05, 0.1) is 13.2 Å². The predicted octanol–water partition coefficient (Wildman–Crippen LogP) is 2.73. The van der Waals surface area contributed by atoms with Crippen LogP contribution >= 0.6 is 15.9 Å². The van der Waals surface area contributed by atoms with Crippen LogP contribution in [0.3, 0.4) is 0 Å². The smallest absolute Gasteiger partial charge is 0.320 e. The third-order valence-corrected chi connectivity index (χ3v) is 2.96. The van der Waals surface area contributed by atoms with E-state index in [0.717, 1.165) is 10.0 Å². The van der Waals surface area contributed by atoms with Crippen molar-refractivity contribution >= 4 is 27.9 Å². The van der Waals surface area contributed by atoms with Gasteiger partial charge < -0.3 is 9.47 Å². The van der Waals surface area contributed by atoms with Crippen molar-refractivity contribution in [3.05, 3.63) is 34.3 Å². The van der Waals surface area contributed by atoms with Gasteiger partial charge in [0.1, 0.15) is 0 Å². The van der Waals surface area contributed by atoms with Crippen molar-refractivity contribution in [3.63, 3.8) is 0 Å². The molecule has 0 N–H and O–H groups in total. The number of carbonyl (C=O) groups is 2. The zero-order valence-corrected chi connectivity index (χ0v) is 12.6. The lowest BCUT2D eigenvalue weighted by Crippen LogP contribution is -2.30. The molecule has 0 aliphatic carbocycles. The molecule has 0 aliphatic rings. The van der Waals surface area contributed by atoms with Crippen LogP contribution in [-0.4, -0.2) is 25.2 Å². The number of benzene rings is 1. The van der Waals surface area contributed by atoms with Crippen molar-refractivity contribution in [1.29, 1.82) is 0 Å². The Bertz CT molecular complexity index is 427. The number of ether oxygens (including phenoxy) is 2. The average Bonchev–Trinajstić information content (AvgIpc) is 2.36. The van der Waals surface area contributed by atoms with E-state index in [9.17, 15) is 9.59 Å². The Labute approximate surface area is 121 Å². The molecule has 1 rings (SSSR count). The minimum Gasteiger partial charge on any atom is -0.465 e. The lowest BCUT2D eigenvalue weighted by Gasteiger charge is -2.14. The number of esters is 2. The molecule has 0 radical (unpaired) electrons. The lowest BCUT2D eigenvalue weighted by atomic mass is 9.99. The van der Waals surface area contributed by atoms with Gasteiger partial charge in [0, 0.05) is 4.47 Å². The highest BCUT2D eigenvalue weighted by Gasteiger charge is 2.29. The zero-order valence-electron chi connectivity index (χ0n) is 11.0. The van der Waals surface area contributed by atoms with Crippen LogP contribution in [0, 0.1) is 5.92 Å². The average molecular weight is 329 g/mol. The molecular formula is C14H17BrO4. The number of hydrogen-bond donors (Lipinski definition) is 0. The molecule has 0 spiro atoms. The van der Waals surface area contributed by atoms with Gasteiger partial charge in [-0.1, -0.05) is 28.1 Å². The molecule has 1 aromatic rings. The maximum Gasteiger partial charge on any atom is 0.320 e. The van der Waals surface area contributed by atoms with Crippen LogP contribution in [0.4, 0.5) is 0 Å². The SMILES string of the molecule is CCOC(=O)C(Cc1cccc(Br)c1)C(=O)OCC. The first kappa shape index (κ1) is 15.7. The van der Waals surface area contributed by atoms with Crippen molar-refractivity contribution < 1.29 is 19.1 Å². The molecule has 0 atom stereocenters. The molecule has 0 saturated heterocycles. The van der Waals surface area contributed by atoms with E-state index in [1.165, 1.54) is 0 Å². The Morgan fingerprint density at radius 2 is 1.74 bits per heavy atom. The molecule has 4 nitrogen and oxygen atoms in total. The monoisotopic (exact) mass is 328 g/mol. The van der Waals surface area contributed by atoms with E-state index in [0.29, 0.717) is 0 Å². The molecule has 5 heteroatoms. The summed E-state index contributed by atoms with van der Waals surface area (Å²) in [6.45, 7) is 3.90. The second-order valence-corrected chi connectivity index (χ2v) is 4.81. The van der Waals surface area contributed by atoms with Crippen molar-refractivity contribution in [1.82, 2.24) is 0 Å². The summed E-state index contributed by atoms with van der Waals surface area (Å²) in [5, 5.41) is 0. The van der Waals surface area contributed by atoms with E-state index in [4.69, 9.17) is 9.47 Å². The van der Waals surface area contributed by atoms with Gasteiger partial charge in [0.2, 0.25) is 0 Å². The summed E-state index contributed by atoms with van der Waals surface area (Å²) in [6.07, 6.45) is 0.275. The van der Waals surface area contributed by atoms with Crippen molar-refractivity contribution in [2.24, 2.45) is 5.92 Å². The van der Waals surface area contributed by atoms with Gasteiger partial charge in [-0.15, -0.1) is 0 Å². The molecule has 0 bridgehead atoms. The fourth-order valence-corrected chi connectivity index (χ4v) is 2.09. The highest BCUT2D eigenvalue weighted by Crippen LogP contribution is 2.17. The second kappa shape index (κ2) is 7.94. The molecule has 19 heavy (non-hydrogen) atoms. The Morgan fingerprint density at radius 1 is 1.16 bits per heavy atom. The number of carbonyl (C=O) groups excluding carboxylic acids is 2. The largest absolute Gasteiger partial charge is 0.465 e. The van der Waals surface area contributed by atoms with E-state index in [2.05, 4.69) is 15.9 Å². The summed E-state index contributed by atoms with van der Waals surface area (Å²) in [5.41, 5.74) is 0.875. The topological polar surface area (TPSA) is 52.6 Å². The van der Waals surface area contributed by atoms with Gasteiger partial charge >= 0.3 is 11.9 Å². The second-order valence-electron chi connectivity index (χ2n) is 3.89. The standard InChI is InChI=1S/C14H17BrO4/c1-3-18-13(16)12(14(17)19-4-2)9-10-6-5-7-11(15)8-10/h5-8,12H,3-4,9H2,1-2H3. The van der Waals surface area contributed by atoms with Crippen molar-refractivity contribution in [2.45, 2.75) is 20.3 Å². The number of hydrogen-bond acceptors (Lipinski definition) is 4. The maximum absolute atomic E-state index is 11.8. The van der Waals surface area contributed by atoms with Crippen LogP contribution in [0.5, 0.6) is 0 Å².